The molecule has 122 valence electrons. The number of fused-ring (bicyclic) bond motifs is 3. The molecule has 8 heteroatoms. The zero-order valence-electron chi connectivity index (χ0n) is 12.3. The molecule has 0 saturated carbocycles. The highest BCUT2D eigenvalue weighted by molar-refractivity contribution is 7.89. The molecular weight excluding hydrogens is 345 g/mol. The minimum Gasteiger partial charge on any atom is -0.299 e. The largest absolute Gasteiger partial charge is 0.299 e. The smallest absolute Gasteiger partial charge is 0.242 e. The van der Waals surface area contributed by atoms with E-state index in [4.69, 9.17) is 23.2 Å². The van der Waals surface area contributed by atoms with Gasteiger partial charge in [-0.15, -0.1) is 0 Å². The maximum Gasteiger partial charge on any atom is 0.242 e. The summed E-state index contributed by atoms with van der Waals surface area (Å²) in [5.74, 6) is 0. The second kappa shape index (κ2) is 6.26. The van der Waals surface area contributed by atoms with Crippen molar-refractivity contribution < 1.29 is 8.42 Å². The van der Waals surface area contributed by atoms with E-state index in [1.165, 1.54) is 12.1 Å². The molecule has 0 amide bonds. The van der Waals surface area contributed by atoms with E-state index >= 15 is 0 Å². The third-order valence-electron chi connectivity index (χ3n) is 4.40. The van der Waals surface area contributed by atoms with Gasteiger partial charge in [-0.3, -0.25) is 9.80 Å². The fourth-order valence-electron chi connectivity index (χ4n) is 3.04. The van der Waals surface area contributed by atoms with Crippen molar-refractivity contribution in [3.63, 3.8) is 0 Å². The van der Waals surface area contributed by atoms with E-state index < -0.39 is 10.0 Å². The quantitative estimate of drug-likeness (QED) is 0.882. The van der Waals surface area contributed by atoms with Crippen LogP contribution in [0.15, 0.2) is 17.0 Å². The Bertz CT molecular complexity index is 673. The van der Waals surface area contributed by atoms with E-state index in [1.807, 2.05) is 0 Å². The Hall–Kier alpha value is -0.370. The predicted octanol–water partition coefficient (Wildman–Crippen LogP) is 1.58. The summed E-state index contributed by atoms with van der Waals surface area (Å²) in [4.78, 5) is 4.81. The topological polar surface area (TPSA) is 52.7 Å². The Balaban J connectivity index is 1.73. The van der Waals surface area contributed by atoms with Gasteiger partial charge >= 0.3 is 0 Å². The average Bonchev–Trinajstić information content (AvgIpc) is 2.50. The highest BCUT2D eigenvalue weighted by Gasteiger charge is 2.32. The monoisotopic (exact) mass is 363 g/mol. The van der Waals surface area contributed by atoms with Gasteiger partial charge < -0.3 is 0 Å². The normalized spacial score (nSPS) is 28.0. The van der Waals surface area contributed by atoms with Crippen LogP contribution in [0.5, 0.6) is 0 Å². The Morgan fingerprint density at radius 1 is 1.18 bits per heavy atom. The molecule has 1 aromatic rings. The van der Waals surface area contributed by atoms with E-state index in [1.54, 1.807) is 6.92 Å². The van der Waals surface area contributed by atoms with Gasteiger partial charge in [0, 0.05) is 50.3 Å². The SMILES string of the molecule is Cc1cc(S(=O)(=O)NCC2CN3CCN2CC3)c(Cl)cc1Cl. The maximum atomic E-state index is 12.5. The molecule has 3 heterocycles. The van der Waals surface area contributed by atoms with Crippen LogP contribution in [0.2, 0.25) is 10.0 Å². The zero-order chi connectivity index (χ0) is 15.9. The fraction of sp³-hybridized carbons (Fsp3) is 0.571. The Kier molecular flexibility index (Phi) is 4.69. The van der Waals surface area contributed by atoms with E-state index in [0.717, 1.165) is 32.7 Å². The molecule has 1 unspecified atom stereocenters. The first kappa shape index (κ1) is 16.5. The van der Waals surface area contributed by atoms with Crippen LogP contribution in [-0.4, -0.2) is 63.5 Å². The number of halogens is 2. The first-order valence-corrected chi connectivity index (χ1v) is 9.52. The second-order valence-corrected chi connectivity index (χ2v) is 8.42. The first-order valence-electron chi connectivity index (χ1n) is 7.28. The van der Waals surface area contributed by atoms with Crippen LogP contribution in [0, 0.1) is 6.92 Å². The molecule has 5 nitrogen and oxygen atoms in total. The van der Waals surface area contributed by atoms with E-state index in [0.29, 0.717) is 17.1 Å². The van der Waals surface area contributed by atoms with Crippen LogP contribution in [0.3, 0.4) is 0 Å². The molecule has 0 radical (unpaired) electrons. The van der Waals surface area contributed by atoms with E-state index in [-0.39, 0.29) is 16.0 Å². The summed E-state index contributed by atoms with van der Waals surface area (Å²) >= 11 is 12.0. The lowest BCUT2D eigenvalue weighted by atomic mass is 10.1. The zero-order valence-corrected chi connectivity index (χ0v) is 14.7. The van der Waals surface area contributed by atoms with Crippen LogP contribution < -0.4 is 4.72 Å². The van der Waals surface area contributed by atoms with E-state index in [2.05, 4.69) is 14.5 Å². The average molecular weight is 364 g/mol. The predicted molar refractivity (Wildman–Crippen MR) is 88.2 cm³/mol. The highest BCUT2D eigenvalue weighted by atomic mass is 35.5. The third kappa shape index (κ3) is 3.27. The Morgan fingerprint density at radius 2 is 1.86 bits per heavy atom. The van der Waals surface area contributed by atoms with Crippen molar-refractivity contribution in [2.75, 3.05) is 39.3 Å². The first-order chi connectivity index (χ1) is 10.4. The van der Waals surface area contributed by atoms with Crippen LogP contribution in [0.1, 0.15) is 5.56 Å². The third-order valence-corrected chi connectivity index (χ3v) is 6.70. The molecule has 1 N–H and O–H groups in total. The summed E-state index contributed by atoms with van der Waals surface area (Å²) < 4.78 is 27.7. The molecule has 1 atom stereocenters. The molecule has 1 aromatic carbocycles. The molecule has 0 spiro atoms. The van der Waals surface area contributed by atoms with Crippen LogP contribution in [-0.2, 0) is 10.0 Å². The molecule has 3 aliphatic rings. The number of benzene rings is 1. The number of nitrogens with one attached hydrogen (secondary N) is 1. The van der Waals surface area contributed by atoms with Gasteiger partial charge in [0.25, 0.3) is 0 Å². The lowest BCUT2D eigenvalue weighted by molar-refractivity contribution is 0.0158. The van der Waals surface area contributed by atoms with Crippen LogP contribution in [0.25, 0.3) is 0 Å². The highest BCUT2D eigenvalue weighted by Crippen LogP contribution is 2.28. The fourth-order valence-corrected chi connectivity index (χ4v) is 4.94. The lowest BCUT2D eigenvalue weighted by Gasteiger charge is -2.47. The van der Waals surface area contributed by atoms with Crippen LogP contribution >= 0.6 is 23.2 Å². The van der Waals surface area contributed by atoms with Crippen molar-refractivity contribution in [1.29, 1.82) is 0 Å². The number of rotatable bonds is 4. The van der Waals surface area contributed by atoms with Crippen molar-refractivity contribution in [2.24, 2.45) is 0 Å². The van der Waals surface area contributed by atoms with Gasteiger partial charge in [-0.25, -0.2) is 13.1 Å². The standard InChI is InChI=1S/C14H19Cl2N3O2S/c1-10-6-14(13(16)7-12(10)15)22(20,21)17-8-11-9-18-2-4-19(11)5-3-18/h6-7,11,17H,2-5,8-9H2,1H3. The summed E-state index contributed by atoms with van der Waals surface area (Å²) in [5, 5.41) is 0.616. The van der Waals surface area contributed by atoms with Crippen molar-refractivity contribution in [3.8, 4) is 0 Å². The maximum absolute atomic E-state index is 12.5. The Morgan fingerprint density at radius 3 is 2.45 bits per heavy atom. The molecule has 3 fully saturated rings. The number of aryl methyl sites for hydroxylation is 1. The van der Waals surface area contributed by atoms with E-state index in [9.17, 15) is 8.42 Å². The van der Waals surface area contributed by atoms with Crippen molar-refractivity contribution in [3.05, 3.63) is 27.7 Å². The summed E-state index contributed by atoms with van der Waals surface area (Å²) in [6, 6.07) is 3.22. The van der Waals surface area contributed by atoms with Gasteiger partial charge in [0.15, 0.2) is 0 Å². The van der Waals surface area contributed by atoms with Crippen molar-refractivity contribution in [1.82, 2.24) is 14.5 Å². The number of hydrogen-bond donors (Lipinski definition) is 1. The molecule has 0 aliphatic carbocycles. The molecule has 4 rings (SSSR count). The van der Waals surface area contributed by atoms with Gasteiger partial charge in [-0.2, -0.15) is 0 Å². The van der Waals surface area contributed by atoms with Gasteiger partial charge in [0.1, 0.15) is 4.90 Å². The number of piperazine rings is 3. The lowest BCUT2D eigenvalue weighted by Crippen LogP contribution is -2.63. The second-order valence-electron chi connectivity index (χ2n) is 5.87. The molecular formula is C14H19Cl2N3O2S. The number of sulfonamides is 1. The summed E-state index contributed by atoms with van der Waals surface area (Å²) in [6.45, 7) is 7.24. The summed E-state index contributed by atoms with van der Waals surface area (Å²) in [5.41, 5.74) is 0.693. The van der Waals surface area contributed by atoms with Gasteiger partial charge in [0.2, 0.25) is 10.0 Å². The summed E-state index contributed by atoms with van der Waals surface area (Å²) in [6.07, 6.45) is 0. The van der Waals surface area contributed by atoms with Gasteiger partial charge in [-0.1, -0.05) is 23.2 Å². The van der Waals surface area contributed by atoms with Crippen LogP contribution in [0.4, 0.5) is 0 Å². The molecule has 0 aromatic heterocycles. The summed E-state index contributed by atoms with van der Waals surface area (Å²) in [7, 11) is -3.63. The molecule has 22 heavy (non-hydrogen) atoms. The van der Waals surface area contributed by atoms with Crippen molar-refractivity contribution in [2.45, 2.75) is 17.9 Å². The molecule has 3 aliphatic heterocycles. The molecule has 3 saturated heterocycles. The molecule has 2 bridgehead atoms. The minimum atomic E-state index is -3.63. The number of hydrogen-bond acceptors (Lipinski definition) is 4. The van der Waals surface area contributed by atoms with Gasteiger partial charge in [-0.05, 0) is 24.6 Å². The number of nitrogens with zero attached hydrogens (tertiary/aromatic N) is 2. The minimum absolute atomic E-state index is 0.0901. The van der Waals surface area contributed by atoms with Gasteiger partial charge in [0.05, 0.1) is 5.02 Å². The van der Waals surface area contributed by atoms with Crippen molar-refractivity contribution >= 4 is 33.2 Å². The Labute approximate surface area is 141 Å².